The molecule has 0 unspecified atom stereocenters. The Morgan fingerprint density at radius 2 is 2.00 bits per heavy atom. The predicted octanol–water partition coefficient (Wildman–Crippen LogP) is 0.325. The van der Waals surface area contributed by atoms with E-state index in [1.165, 1.54) is 0 Å². The average Bonchev–Trinajstić information content (AvgIpc) is 2.34. The SMILES string of the molecule is N[C@@H](CNC(=O)OCc1ccccc1)C(=O)O. The van der Waals surface area contributed by atoms with Crippen LogP contribution in [0.3, 0.4) is 0 Å². The van der Waals surface area contributed by atoms with Gasteiger partial charge in [-0.25, -0.2) is 4.79 Å². The zero-order chi connectivity index (χ0) is 12.7. The largest absolute Gasteiger partial charge is 0.480 e. The molecule has 0 bridgehead atoms. The molecular weight excluding hydrogens is 224 g/mol. The summed E-state index contributed by atoms with van der Waals surface area (Å²) >= 11 is 0. The first kappa shape index (κ1) is 13.0. The molecule has 0 aliphatic rings. The number of ether oxygens (including phenoxy) is 1. The molecule has 0 spiro atoms. The molecule has 0 radical (unpaired) electrons. The third kappa shape index (κ3) is 4.98. The second-order valence-corrected chi connectivity index (χ2v) is 3.39. The maximum atomic E-state index is 11.2. The van der Waals surface area contributed by atoms with E-state index in [0.717, 1.165) is 5.56 Å². The molecule has 0 aliphatic carbocycles. The minimum Gasteiger partial charge on any atom is -0.480 e. The molecule has 1 rings (SSSR count). The number of nitrogens with two attached hydrogens (primary N) is 1. The number of carbonyl (C=O) groups is 2. The van der Waals surface area contributed by atoms with Crippen molar-refractivity contribution in [3.05, 3.63) is 35.9 Å². The molecule has 92 valence electrons. The van der Waals surface area contributed by atoms with Gasteiger partial charge in [0.2, 0.25) is 0 Å². The molecule has 17 heavy (non-hydrogen) atoms. The number of carboxylic acid groups (broad SMARTS) is 1. The first-order valence-corrected chi connectivity index (χ1v) is 5.02. The van der Waals surface area contributed by atoms with Crippen molar-refractivity contribution in [1.29, 1.82) is 0 Å². The molecule has 0 aliphatic heterocycles. The summed E-state index contributed by atoms with van der Waals surface area (Å²) in [7, 11) is 0. The Morgan fingerprint density at radius 3 is 2.59 bits per heavy atom. The van der Waals surface area contributed by atoms with E-state index in [2.05, 4.69) is 5.32 Å². The molecule has 0 fully saturated rings. The molecule has 6 heteroatoms. The number of carbonyl (C=O) groups excluding carboxylic acids is 1. The highest BCUT2D eigenvalue weighted by Crippen LogP contribution is 2.00. The lowest BCUT2D eigenvalue weighted by atomic mass is 10.2. The minimum absolute atomic E-state index is 0.134. The van der Waals surface area contributed by atoms with Crippen molar-refractivity contribution >= 4 is 12.1 Å². The Balaban J connectivity index is 2.24. The van der Waals surface area contributed by atoms with E-state index < -0.39 is 18.1 Å². The molecule has 1 aromatic carbocycles. The number of hydrogen-bond donors (Lipinski definition) is 3. The number of nitrogens with one attached hydrogen (secondary N) is 1. The Kier molecular flexibility index (Phi) is 4.96. The van der Waals surface area contributed by atoms with Crippen LogP contribution in [0.2, 0.25) is 0 Å². The van der Waals surface area contributed by atoms with Crippen LogP contribution in [-0.4, -0.2) is 29.8 Å². The Morgan fingerprint density at radius 1 is 1.35 bits per heavy atom. The molecular formula is C11H14N2O4. The molecule has 0 aromatic heterocycles. The minimum atomic E-state index is -1.17. The van der Waals surface area contributed by atoms with Gasteiger partial charge in [0.1, 0.15) is 12.6 Å². The zero-order valence-electron chi connectivity index (χ0n) is 9.13. The van der Waals surface area contributed by atoms with E-state index in [1.54, 1.807) is 0 Å². The summed E-state index contributed by atoms with van der Waals surface area (Å²) in [6, 6.07) is 8.02. The van der Waals surface area contributed by atoms with Crippen LogP contribution in [0.4, 0.5) is 4.79 Å². The number of aliphatic carboxylic acids is 1. The van der Waals surface area contributed by atoms with Gasteiger partial charge < -0.3 is 20.9 Å². The highest BCUT2D eigenvalue weighted by molar-refractivity contribution is 5.75. The number of rotatable bonds is 5. The molecule has 0 saturated heterocycles. The summed E-state index contributed by atoms with van der Waals surface area (Å²) in [4.78, 5) is 21.5. The van der Waals surface area contributed by atoms with Crippen molar-refractivity contribution in [2.75, 3.05) is 6.54 Å². The number of alkyl carbamates (subject to hydrolysis) is 1. The number of carboxylic acids is 1. The fourth-order valence-corrected chi connectivity index (χ4v) is 1.05. The lowest BCUT2D eigenvalue weighted by molar-refractivity contribution is -0.138. The molecule has 4 N–H and O–H groups in total. The van der Waals surface area contributed by atoms with Crippen molar-refractivity contribution in [3.8, 4) is 0 Å². The van der Waals surface area contributed by atoms with Gasteiger partial charge in [-0.1, -0.05) is 30.3 Å². The van der Waals surface area contributed by atoms with Gasteiger partial charge in [0.25, 0.3) is 0 Å². The number of hydrogen-bond acceptors (Lipinski definition) is 4. The van der Waals surface area contributed by atoms with Crippen LogP contribution in [0, 0.1) is 0 Å². The summed E-state index contributed by atoms with van der Waals surface area (Å²) in [6.07, 6.45) is -0.689. The first-order chi connectivity index (χ1) is 8.09. The quantitative estimate of drug-likeness (QED) is 0.686. The smallest absolute Gasteiger partial charge is 0.407 e. The molecule has 1 aromatic rings. The third-order valence-electron chi connectivity index (χ3n) is 2.00. The zero-order valence-corrected chi connectivity index (χ0v) is 9.13. The lowest BCUT2D eigenvalue weighted by Gasteiger charge is -2.09. The fourth-order valence-electron chi connectivity index (χ4n) is 1.05. The number of amides is 1. The summed E-state index contributed by atoms with van der Waals surface area (Å²) in [5.74, 6) is -1.17. The van der Waals surface area contributed by atoms with E-state index in [9.17, 15) is 9.59 Å². The van der Waals surface area contributed by atoms with Gasteiger partial charge in [-0.3, -0.25) is 4.79 Å². The van der Waals surface area contributed by atoms with Crippen LogP contribution >= 0.6 is 0 Å². The molecule has 0 saturated carbocycles. The van der Waals surface area contributed by atoms with Crippen molar-refractivity contribution in [1.82, 2.24) is 5.32 Å². The van der Waals surface area contributed by atoms with Crippen LogP contribution in [0.15, 0.2) is 30.3 Å². The molecule has 0 heterocycles. The van der Waals surface area contributed by atoms with E-state index in [-0.39, 0.29) is 13.2 Å². The molecule has 1 atom stereocenters. The predicted molar refractivity (Wildman–Crippen MR) is 60.2 cm³/mol. The fraction of sp³-hybridized carbons (Fsp3) is 0.273. The van der Waals surface area contributed by atoms with Gasteiger partial charge in [0.15, 0.2) is 0 Å². The standard InChI is InChI=1S/C11H14N2O4/c12-9(10(14)15)6-13-11(16)17-7-8-4-2-1-3-5-8/h1-5,9H,6-7,12H2,(H,13,16)(H,14,15)/t9-/m0/s1. The lowest BCUT2D eigenvalue weighted by Crippen LogP contribution is -2.42. The highest BCUT2D eigenvalue weighted by atomic mass is 16.5. The van der Waals surface area contributed by atoms with E-state index in [4.69, 9.17) is 15.6 Å². The maximum Gasteiger partial charge on any atom is 0.407 e. The van der Waals surface area contributed by atoms with Crippen LogP contribution in [0.25, 0.3) is 0 Å². The van der Waals surface area contributed by atoms with Gasteiger partial charge in [-0.15, -0.1) is 0 Å². The van der Waals surface area contributed by atoms with Crippen molar-refractivity contribution in [2.24, 2.45) is 5.73 Å². The van der Waals surface area contributed by atoms with E-state index in [0.29, 0.717) is 0 Å². The number of benzene rings is 1. The van der Waals surface area contributed by atoms with Gasteiger partial charge in [0.05, 0.1) is 0 Å². The normalized spacial score (nSPS) is 11.6. The van der Waals surface area contributed by atoms with Crippen LogP contribution < -0.4 is 11.1 Å². The topological polar surface area (TPSA) is 102 Å². The van der Waals surface area contributed by atoms with E-state index in [1.807, 2.05) is 30.3 Å². The van der Waals surface area contributed by atoms with Gasteiger partial charge in [0, 0.05) is 6.54 Å². The van der Waals surface area contributed by atoms with Crippen LogP contribution in [-0.2, 0) is 16.1 Å². The second-order valence-electron chi connectivity index (χ2n) is 3.39. The Bertz CT molecular complexity index is 380. The second kappa shape index (κ2) is 6.49. The van der Waals surface area contributed by atoms with Crippen molar-refractivity contribution in [2.45, 2.75) is 12.6 Å². The molecule has 6 nitrogen and oxygen atoms in total. The maximum absolute atomic E-state index is 11.2. The van der Waals surface area contributed by atoms with Crippen LogP contribution in [0.5, 0.6) is 0 Å². The average molecular weight is 238 g/mol. The van der Waals surface area contributed by atoms with Gasteiger partial charge in [-0.2, -0.15) is 0 Å². The monoisotopic (exact) mass is 238 g/mol. The summed E-state index contributed by atoms with van der Waals surface area (Å²) < 4.78 is 4.86. The first-order valence-electron chi connectivity index (χ1n) is 5.02. The molecule has 1 amide bonds. The highest BCUT2D eigenvalue weighted by Gasteiger charge is 2.12. The summed E-state index contributed by atoms with van der Waals surface area (Å²) in [5.41, 5.74) is 6.05. The third-order valence-corrected chi connectivity index (χ3v) is 2.00. The van der Waals surface area contributed by atoms with Gasteiger partial charge in [-0.05, 0) is 5.56 Å². The Labute approximate surface area is 98.4 Å². The van der Waals surface area contributed by atoms with E-state index >= 15 is 0 Å². The Hall–Kier alpha value is -2.08. The summed E-state index contributed by atoms with van der Waals surface area (Å²) in [5, 5.41) is 10.8. The van der Waals surface area contributed by atoms with Gasteiger partial charge >= 0.3 is 12.1 Å². The van der Waals surface area contributed by atoms with Crippen molar-refractivity contribution in [3.63, 3.8) is 0 Å². The summed E-state index contributed by atoms with van der Waals surface area (Å²) in [6.45, 7) is -0.0298. The van der Waals surface area contributed by atoms with Crippen LogP contribution in [0.1, 0.15) is 5.56 Å². The van der Waals surface area contributed by atoms with Crippen molar-refractivity contribution < 1.29 is 19.4 Å².